The van der Waals surface area contributed by atoms with Crippen LogP contribution in [0.3, 0.4) is 0 Å². The normalized spacial score (nSPS) is 19.8. The molecule has 6 nitrogen and oxygen atoms in total. The maximum absolute atomic E-state index is 13.4. The largest absolute Gasteiger partial charge is 0.326 e. The first-order valence-corrected chi connectivity index (χ1v) is 10.8. The quantitative estimate of drug-likeness (QED) is 0.519. The number of tetrazole rings is 1. The molecule has 0 amide bonds. The molecular weight excluding hydrogens is 398 g/mol. The number of rotatable bonds is 3. The molecule has 0 unspecified atom stereocenters. The van der Waals surface area contributed by atoms with E-state index in [1.54, 1.807) is 4.68 Å². The maximum Gasteiger partial charge on any atom is 0.248 e. The van der Waals surface area contributed by atoms with Gasteiger partial charge >= 0.3 is 0 Å². The summed E-state index contributed by atoms with van der Waals surface area (Å²) in [7, 11) is 0. The fourth-order valence-corrected chi connectivity index (χ4v) is 4.83. The number of fused-ring (bicyclic) bond motifs is 1. The van der Waals surface area contributed by atoms with E-state index in [1.807, 2.05) is 36.4 Å². The summed E-state index contributed by atoms with van der Waals surface area (Å²) in [5.41, 5.74) is 6.17. The molecule has 32 heavy (non-hydrogen) atoms. The van der Waals surface area contributed by atoms with E-state index in [9.17, 15) is 4.79 Å². The number of nitrogens with zero attached hydrogens (tertiary/aromatic N) is 4. The zero-order chi connectivity index (χ0) is 21.5. The SMILES string of the molecule is O=C1C[C@H](c2ccccc2)CC2=C1[C@H](c1ccc(-c3ccccc3)cc1)n1nnnc1N2. The molecule has 0 bridgehead atoms. The van der Waals surface area contributed by atoms with Gasteiger partial charge < -0.3 is 5.32 Å². The van der Waals surface area contributed by atoms with Gasteiger partial charge in [0.25, 0.3) is 0 Å². The molecule has 156 valence electrons. The van der Waals surface area contributed by atoms with E-state index in [4.69, 9.17) is 0 Å². The predicted molar refractivity (Wildman–Crippen MR) is 122 cm³/mol. The number of ketones is 1. The average Bonchev–Trinajstić information content (AvgIpc) is 3.32. The molecule has 0 saturated heterocycles. The highest BCUT2D eigenvalue weighted by Gasteiger charge is 2.39. The van der Waals surface area contributed by atoms with Crippen molar-refractivity contribution in [3.8, 4) is 11.1 Å². The number of anilines is 1. The van der Waals surface area contributed by atoms with Gasteiger partial charge in [-0.05, 0) is 45.0 Å². The predicted octanol–water partition coefficient (Wildman–Crippen LogP) is 4.76. The van der Waals surface area contributed by atoms with Gasteiger partial charge in [-0.1, -0.05) is 90.0 Å². The van der Waals surface area contributed by atoms with Gasteiger partial charge in [-0.2, -0.15) is 4.68 Å². The summed E-state index contributed by atoms with van der Waals surface area (Å²) in [6.45, 7) is 0. The van der Waals surface area contributed by atoms with E-state index in [-0.39, 0.29) is 17.7 Å². The van der Waals surface area contributed by atoms with Crippen LogP contribution in [-0.4, -0.2) is 26.0 Å². The Kier molecular flexibility index (Phi) is 4.42. The van der Waals surface area contributed by atoms with Crippen LogP contribution in [0.2, 0.25) is 0 Å². The van der Waals surface area contributed by atoms with Crippen LogP contribution in [0.25, 0.3) is 11.1 Å². The average molecular weight is 419 g/mol. The Morgan fingerprint density at radius 2 is 1.47 bits per heavy atom. The van der Waals surface area contributed by atoms with E-state index in [0.29, 0.717) is 12.4 Å². The van der Waals surface area contributed by atoms with Crippen LogP contribution in [0.1, 0.15) is 35.9 Å². The Bertz CT molecular complexity index is 1310. The van der Waals surface area contributed by atoms with Crippen molar-refractivity contribution in [2.45, 2.75) is 24.8 Å². The minimum atomic E-state index is -0.328. The molecule has 2 aliphatic rings. The minimum absolute atomic E-state index is 0.144. The molecule has 1 aromatic heterocycles. The van der Waals surface area contributed by atoms with Crippen molar-refractivity contribution in [2.75, 3.05) is 5.32 Å². The van der Waals surface area contributed by atoms with Crippen molar-refractivity contribution < 1.29 is 4.79 Å². The molecule has 0 saturated carbocycles. The summed E-state index contributed by atoms with van der Waals surface area (Å²) in [6.07, 6.45) is 1.25. The number of hydrogen-bond donors (Lipinski definition) is 1. The molecule has 3 aromatic carbocycles. The molecular formula is C26H21N5O. The second-order valence-corrected chi connectivity index (χ2v) is 8.29. The minimum Gasteiger partial charge on any atom is -0.326 e. The van der Waals surface area contributed by atoms with Crippen LogP contribution >= 0.6 is 0 Å². The Morgan fingerprint density at radius 1 is 0.781 bits per heavy atom. The van der Waals surface area contributed by atoms with Crippen LogP contribution in [0.5, 0.6) is 0 Å². The third kappa shape index (κ3) is 3.12. The molecule has 1 aliphatic carbocycles. The van der Waals surface area contributed by atoms with Crippen molar-refractivity contribution >= 4 is 11.7 Å². The van der Waals surface area contributed by atoms with Gasteiger partial charge in [-0.25, -0.2) is 0 Å². The fraction of sp³-hybridized carbons (Fsp3) is 0.154. The van der Waals surface area contributed by atoms with Gasteiger partial charge in [-0.3, -0.25) is 4.79 Å². The number of carbonyl (C=O) groups is 1. The summed E-state index contributed by atoms with van der Waals surface area (Å²) >= 11 is 0. The third-order valence-electron chi connectivity index (χ3n) is 6.39. The molecule has 2 atom stereocenters. The highest BCUT2D eigenvalue weighted by molar-refractivity contribution is 6.00. The van der Waals surface area contributed by atoms with E-state index < -0.39 is 0 Å². The van der Waals surface area contributed by atoms with Crippen molar-refractivity contribution in [3.05, 3.63) is 107 Å². The highest BCUT2D eigenvalue weighted by atomic mass is 16.1. The van der Waals surface area contributed by atoms with Crippen LogP contribution in [0, 0.1) is 0 Å². The first kappa shape index (κ1) is 18.7. The van der Waals surface area contributed by atoms with E-state index in [2.05, 4.69) is 69.4 Å². The molecule has 1 N–H and O–H groups in total. The van der Waals surface area contributed by atoms with Gasteiger partial charge in [0.05, 0.1) is 0 Å². The molecule has 6 heteroatoms. The molecule has 0 fully saturated rings. The first-order chi connectivity index (χ1) is 15.8. The third-order valence-corrected chi connectivity index (χ3v) is 6.39. The van der Waals surface area contributed by atoms with Crippen LogP contribution in [0.15, 0.2) is 96.2 Å². The number of Topliss-reactive ketones (excluding diaryl/α,β-unsaturated/α-hetero) is 1. The monoisotopic (exact) mass is 419 g/mol. The lowest BCUT2D eigenvalue weighted by Gasteiger charge is -2.34. The summed E-state index contributed by atoms with van der Waals surface area (Å²) < 4.78 is 1.72. The second-order valence-electron chi connectivity index (χ2n) is 8.29. The summed E-state index contributed by atoms with van der Waals surface area (Å²) in [5, 5.41) is 15.6. The Balaban J connectivity index is 1.40. The highest BCUT2D eigenvalue weighted by Crippen LogP contribution is 2.43. The van der Waals surface area contributed by atoms with Gasteiger partial charge in [0.2, 0.25) is 5.95 Å². The van der Waals surface area contributed by atoms with Crippen LogP contribution in [-0.2, 0) is 4.79 Å². The molecule has 2 heterocycles. The zero-order valence-electron chi connectivity index (χ0n) is 17.3. The number of hydrogen-bond acceptors (Lipinski definition) is 5. The standard InChI is InChI=1S/C26H21N5O/c32-23-16-21(18-9-5-2-6-10-18)15-22-24(23)25(31-26(27-22)28-29-30-31)20-13-11-19(12-14-20)17-7-3-1-4-8-17/h1-14,21,25H,15-16H2,(H,27,28,30)/t21-,25+/m1/s1. The number of aromatic nitrogens is 4. The van der Waals surface area contributed by atoms with Crippen molar-refractivity contribution in [3.63, 3.8) is 0 Å². The Morgan fingerprint density at radius 3 is 2.22 bits per heavy atom. The fourth-order valence-electron chi connectivity index (χ4n) is 4.83. The Labute approximate surface area is 185 Å². The Hall–Kier alpha value is -4.06. The van der Waals surface area contributed by atoms with Gasteiger partial charge in [0, 0.05) is 17.7 Å². The van der Waals surface area contributed by atoms with E-state index in [0.717, 1.165) is 34.4 Å². The summed E-state index contributed by atoms with van der Waals surface area (Å²) in [6, 6.07) is 28.5. The molecule has 4 aromatic rings. The molecule has 1 aliphatic heterocycles. The van der Waals surface area contributed by atoms with Crippen molar-refractivity contribution in [1.29, 1.82) is 0 Å². The number of nitrogens with one attached hydrogen (secondary N) is 1. The van der Waals surface area contributed by atoms with Crippen LogP contribution in [0.4, 0.5) is 5.95 Å². The lowest BCUT2D eigenvalue weighted by molar-refractivity contribution is -0.116. The smallest absolute Gasteiger partial charge is 0.248 e. The lowest BCUT2D eigenvalue weighted by atomic mass is 9.78. The van der Waals surface area contributed by atoms with Crippen LogP contribution < -0.4 is 5.32 Å². The number of carbonyl (C=O) groups excluding carboxylic acids is 1. The van der Waals surface area contributed by atoms with Gasteiger partial charge in [-0.15, -0.1) is 0 Å². The van der Waals surface area contributed by atoms with Crippen molar-refractivity contribution in [2.24, 2.45) is 0 Å². The maximum atomic E-state index is 13.4. The summed E-state index contributed by atoms with van der Waals surface area (Å²) in [5.74, 6) is 0.867. The van der Waals surface area contributed by atoms with Crippen molar-refractivity contribution in [1.82, 2.24) is 20.2 Å². The van der Waals surface area contributed by atoms with E-state index >= 15 is 0 Å². The molecule has 0 spiro atoms. The van der Waals surface area contributed by atoms with Gasteiger partial charge in [0.15, 0.2) is 5.78 Å². The molecule has 0 radical (unpaired) electrons. The first-order valence-electron chi connectivity index (χ1n) is 10.8. The molecule has 6 rings (SSSR count). The zero-order valence-corrected chi connectivity index (χ0v) is 17.3. The van der Waals surface area contributed by atoms with E-state index in [1.165, 1.54) is 5.56 Å². The topological polar surface area (TPSA) is 72.7 Å². The summed E-state index contributed by atoms with van der Waals surface area (Å²) in [4.78, 5) is 13.4. The second kappa shape index (κ2) is 7.57. The number of allylic oxidation sites excluding steroid dienone is 2. The lowest BCUT2D eigenvalue weighted by Crippen LogP contribution is -2.33. The number of benzene rings is 3. The van der Waals surface area contributed by atoms with Gasteiger partial charge in [0.1, 0.15) is 6.04 Å².